The van der Waals surface area contributed by atoms with Crippen LogP contribution >= 0.6 is 22.7 Å². The van der Waals surface area contributed by atoms with Crippen molar-refractivity contribution < 1.29 is 9.72 Å². The van der Waals surface area contributed by atoms with Crippen molar-refractivity contribution in [2.75, 3.05) is 0 Å². The minimum atomic E-state index is -0.469. The van der Waals surface area contributed by atoms with Gasteiger partial charge in [-0.05, 0) is 18.2 Å². The second-order valence-electron chi connectivity index (χ2n) is 5.49. The van der Waals surface area contributed by atoms with Gasteiger partial charge in [-0.25, -0.2) is 4.98 Å². The minimum absolute atomic E-state index is 0.0272. The van der Waals surface area contributed by atoms with Crippen LogP contribution in [-0.4, -0.2) is 20.4 Å². The van der Waals surface area contributed by atoms with E-state index in [0.717, 1.165) is 10.2 Å². The summed E-state index contributed by atoms with van der Waals surface area (Å²) in [5.74, 6) is 2.06. The Bertz CT molecular complexity index is 1290. The Morgan fingerprint density at radius 2 is 2.07 bits per heavy atom. The number of fused-ring (bicyclic) bond motifs is 2. The van der Waals surface area contributed by atoms with Crippen molar-refractivity contribution in [1.29, 1.82) is 0 Å². The average molecular weight is 394 g/mol. The Hall–Kier alpha value is -3.35. The molecule has 4 rings (SSSR count). The predicted molar refractivity (Wildman–Crippen MR) is 105 cm³/mol. The van der Waals surface area contributed by atoms with Crippen LogP contribution in [0.2, 0.25) is 0 Å². The number of non-ortho nitro benzene ring substituents is 1. The van der Waals surface area contributed by atoms with Gasteiger partial charge in [0, 0.05) is 12.1 Å². The molecular formula is C18H10N4O3S2. The number of hydrogen-bond donors (Lipinski definition) is 0. The maximum atomic E-state index is 12.6. The lowest BCUT2D eigenvalue weighted by atomic mass is 10.3. The van der Waals surface area contributed by atoms with Crippen molar-refractivity contribution in [1.82, 2.24) is 9.55 Å². The second-order valence-corrected chi connectivity index (χ2v) is 7.53. The summed E-state index contributed by atoms with van der Waals surface area (Å²) in [7, 11) is 0. The number of rotatable bonds is 3. The number of aromatic nitrogens is 2. The molecule has 0 atom stereocenters. The highest BCUT2D eigenvalue weighted by Gasteiger charge is 2.15. The van der Waals surface area contributed by atoms with Gasteiger partial charge in [0.2, 0.25) is 0 Å². The Labute approximate surface area is 160 Å². The van der Waals surface area contributed by atoms with Gasteiger partial charge in [-0.3, -0.25) is 14.9 Å². The number of para-hydroxylation sites is 1. The molecule has 0 bridgehead atoms. The van der Waals surface area contributed by atoms with Crippen molar-refractivity contribution in [3.05, 3.63) is 62.4 Å². The van der Waals surface area contributed by atoms with Gasteiger partial charge in [0.05, 0.1) is 31.9 Å². The van der Waals surface area contributed by atoms with Gasteiger partial charge in [0.15, 0.2) is 9.81 Å². The molecule has 1 amide bonds. The van der Waals surface area contributed by atoms with Crippen LogP contribution in [0.25, 0.3) is 20.4 Å². The van der Waals surface area contributed by atoms with Crippen LogP contribution in [0.1, 0.15) is 9.80 Å². The summed E-state index contributed by atoms with van der Waals surface area (Å²) in [6.45, 7) is 0.198. The molecular weight excluding hydrogens is 384 g/mol. The Kier molecular flexibility index (Phi) is 4.27. The highest BCUT2D eigenvalue weighted by molar-refractivity contribution is 7.20. The van der Waals surface area contributed by atoms with Gasteiger partial charge in [-0.1, -0.05) is 29.4 Å². The lowest BCUT2D eigenvalue weighted by Gasteiger charge is -1.99. The number of carbonyl (C=O) groups excluding carboxylic acids is 1. The Morgan fingerprint density at radius 3 is 2.81 bits per heavy atom. The number of benzene rings is 2. The van der Waals surface area contributed by atoms with Gasteiger partial charge in [-0.15, -0.1) is 17.8 Å². The van der Waals surface area contributed by atoms with Crippen LogP contribution in [0.4, 0.5) is 5.69 Å². The van der Waals surface area contributed by atoms with Crippen molar-refractivity contribution in [2.24, 2.45) is 4.99 Å². The maximum absolute atomic E-state index is 12.6. The molecule has 0 saturated heterocycles. The first-order chi connectivity index (χ1) is 13.1. The van der Waals surface area contributed by atoms with Gasteiger partial charge in [-0.2, -0.15) is 4.99 Å². The smallest absolute Gasteiger partial charge is 0.305 e. The number of carbonyl (C=O) groups is 1. The summed E-state index contributed by atoms with van der Waals surface area (Å²) in [6, 6.07) is 11.9. The number of nitro groups is 1. The van der Waals surface area contributed by atoms with E-state index in [1.165, 1.54) is 34.8 Å². The molecule has 0 aliphatic carbocycles. The van der Waals surface area contributed by atoms with E-state index in [4.69, 9.17) is 6.42 Å². The van der Waals surface area contributed by atoms with Gasteiger partial charge < -0.3 is 4.57 Å². The molecule has 2 aromatic heterocycles. The van der Waals surface area contributed by atoms with Gasteiger partial charge in [0.25, 0.3) is 5.69 Å². The number of nitrogens with zero attached hydrogens (tertiary/aromatic N) is 4. The van der Waals surface area contributed by atoms with Crippen LogP contribution in [0, 0.1) is 22.5 Å². The highest BCUT2D eigenvalue weighted by atomic mass is 32.1. The molecule has 27 heavy (non-hydrogen) atoms. The molecule has 2 heterocycles. The normalized spacial score (nSPS) is 11.7. The number of hydrogen-bond acceptors (Lipinski definition) is 6. The number of thiazole rings is 2. The molecule has 0 saturated carbocycles. The summed E-state index contributed by atoms with van der Waals surface area (Å²) in [5.41, 5.74) is 1.41. The molecule has 0 fully saturated rings. The predicted octanol–water partition coefficient (Wildman–Crippen LogP) is 3.60. The van der Waals surface area contributed by atoms with Crippen molar-refractivity contribution in [3.8, 4) is 12.3 Å². The molecule has 132 valence electrons. The van der Waals surface area contributed by atoms with Crippen LogP contribution in [0.15, 0.2) is 47.5 Å². The SMILES string of the molecule is C#CCn1c(=NC(=O)c2nc3ccccc3s2)sc2cc([N+](=O)[O-])ccc21. The lowest BCUT2D eigenvalue weighted by molar-refractivity contribution is -0.384. The average Bonchev–Trinajstić information content (AvgIpc) is 3.23. The summed E-state index contributed by atoms with van der Waals surface area (Å²) < 4.78 is 3.23. The van der Waals surface area contributed by atoms with Crippen LogP contribution in [0.5, 0.6) is 0 Å². The number of amides is 1. The summed E-state index contributed by atoms with van der Waals surface area (Å²) in [5, 5.41) is 11.3. The first-order valence-corrected chi connectivity index (χ1v) is 9.36. The van der Waals surface area contributed by atoms with Crippen molar-refractivity contribution in [3.63, 3.8) is 0 Å². The van der Waals surface area contributed by atoms with E-state index >= 15 is 0 Å². The van der Waals surface area contributed by atoms with Crippen LogP contribution in [0.3, 0.4) is 0 Å². The first kappa shape index (κ1) is 17.1. The zero-order valence-corrected chi connectivity index (χ0v) is 15.3. The summed E-state index contributed by atoms with van der Waals surface area (Å²) in [4.78, 5) is 32.0. The first-order valence-electron chi connectivity index (χ1n) is 7.72. The maximum Gasteiger partial charge on any atom is 0.308 e. The molecule has 2 aromatic carbocycles. The van der Waals surface area contributed by atoms with Crippen molar-refractivity contribution in [2.45, 2.75) is 6.54 Å². The standard InChI is InChI=1S/C18H10N4O3S2/c1-2-9-21-13-8-7-11(22(24)25)10-15(13)27-18(21)20-16(23)17-19-12-5-3-4-6-14(12)26-17/h1,3-8,10H,9H2. The van der Waals surface area contributed by atoms with E-state index in [1.54, 1.807) is 10.6 Å². The largest absolute Gasteiger partial charge is 0.308 e. The van der Waals surface area contributed by atoms with Gasteiger partial charge in [0.1, 0.15) is 0 Å². The van der Waals surface area contributed by atoms with E-state index in [-0.39, 0.29) is 17.2 Å². The quantitative estimate of drug-likeness (QED) is 0.302. The summed E-state index contributed by atoms with van der Waals surface area (Å²) >= 11 is 2.45. The van der Waals surface area contributed by atoms with E-state index in [1.807, 2.05) is 24.3 Å². The molecule has 9 heteroatoms. The minimum Gasteiger partial charge on any atom is -0.305 e. The third-order valence-corrected chi connectivity index (χ3v) is 5.87. The van der Waals surface area contributed by atoms with E-state index in [9.17, 15) is 14.9 Å². The Balaban J connectivity index is 1.85. The fraction of sp³-hybridized carbons (Fsp3) is 0.0556. The molecule has 0 unspecified atom stereocenters. The van der Waals surface area contributed by atoms with Crippen molar-refractivity contribution >= 4 is 54.7 Å². The van der Waals surface area contributed by atoms with Crippen LogP contribution < -0.4 is 4.80 Å². The van der Waals surface area contributed by atoms with E-state index in [0.29, 0.717) is 15.0 Å². The zero-order chi connectivity index (χ0) is 19.0. The molecule has 4 aromatic rings. The zero-order valence-electron chi connectivity index (χ0n) is 13.7. The molecule has 0 aliphatic heterocycles. The van der Waals surface area contributed by atoms with Crippen LogP contribution in [-0.2, 0) is 6.54 Å². The Morgan fingerprint density at radius 1 is 1.26 bits per heavy atom. The second kappa shape index (κ2) is 6.75. The monoisotopic (exact) mass is 394 g/mol. The third-order valence-electron chi connectivity index (χ3n) is 3.80. The molecule has 0 radical (unpaired) electrons. The fourth-order valence-corrected chi connectivity index (χ4v) is 4.51. The highest BCUT2D eigenvalue weighted by Crippen LogP contribution is 2.24. The topological polar surface area (TPSA) is 90.4 Å². The molecule has 7 nitrogen and oxygen atoms in total. The fourth-order valence-electron chi connectivity index (χ4n) is 2.60. The molecule has 0 aliphatic rings. The number of terminal acetylenes is 1. The van der Waals surface area contributed by atoms with Gasteiger partial charge >= 0.3 is 5.91 Å². The molecule has 0 spiro atoms. The lowest BCUT2D eigenvalue weighted by Crippen LogP contribution is -2.16. The summed E-state index contributed by atoms with van der Waals surface area (Å²) in [6.07, 6.45) is 5.44. The number of nitro benzene ring substituents is 1. The van der Waals surface area contributed by atoms with E-state index in [2.05, 4.69) is 15.9 Å². The molecule has 0 N–H and O–H groups in total. The van der Waals surface area contributed by atoms with E-state index < -0.39 is 10.8 Å². The third kappa shape index (κ3) is 3.12.